The van der Waals surface area contributed by atoms with Crippen LogP contribution in [0.3, 0.4) is 0 Å². The summed E-state index contributed by atoms with van der Waals surface area (Å²) in [6.07, 6.45) is -7.19. The first-order valence-corrected chi connectivity index (χ1v) is 24.0. The molecule has 6 aromatic carbocycles. The molecule has 368 valence electrons. The van der Waals surface area contributed by atoms with Gasteiger partial charge in [0.05, 0.1) is 35.5 Å². The Labute approximate surface area is 417 Å². The molecule has 7 rings (SSSR count). The number of hydrogen-bond acceptors (Lipinski definition) is 8. The molecule has 0 unspecified atom stereocenters. The largest absolute Gasteiger partial charge is 0.461 e. The highest BCUT2D eigenvalue weighted by molar-refractivity contribution is 7.80. The minimum absolute atomic E-state index is 0.0678. The van der Waals surface area contributed by atoms with Crippen LogP contribution in [0.5, 0.6) is 0 Å². The fourth-order valence-electron chi connectivity index (χ4n) is 9.47. The van der Waals surface area contributed by atoms with E-state index in [1.807, 2.05) is 109 Å². The highest BCUT2D eigenvalue weighted by atomic mass is 32.1. The second kappa shape index (κ2) is 23.6. The lowest BCUT2D eigenvalue weighted by atomic mass is 9.83. The summed E-state index contributed by atoms with van der Waals surface area (Å²) < 4.78 is 55.0. The monoisotopic (exact) mass is 983 g/mol. The minimum atomic E-state index is -4.81. The Morgan fingerprint density at radius 2 is 1.35 bits per heavy atom. The van der Waals surface area contributed by atoms with Crippen LogP contribution in [0, 0.1) is 5.92 Å². The van der Waals surface area contributed by atoms with Gasteiger partial charge in [-0.25, -0.2) is 4.79 Å². The molecule has 0 saturated heterocycles. The topological polar surface area (TPSA) is 134 Å². The Morgan fingerprint density at radius 3 is 1.93 bits per heavy atom. The van der Waals surface area contributed by atoms with Gasteiger partial charge in [-0.05, 0) is 68.3 Å². The van der Waals surface area contributed by atoms with E-state index in [1.165, 1.54) is 29.2 Å². The third kappa shape index (κ3) is 12.2. The molecule has 3 atom stereocenters. The Kier molecular flexibility index (Phi) is 17.2. The maximum atomic E-state index is 15.3. The smallest absolute Gasteiger partial charge is 0.416 e. The molecule has 0 aromatic heterocycles. The number of para-hydroxylation sites is 1. The molecule has 0 aliphatic heterocycles. The van der Waals surface area contributed by atoms with Crippen molar-refractivity contribution in [2.24, 2.45) is 5.92 Å². The number of halogens is 3. The number of thiol groups is 1. The van der Waals surface area contributed by atoms with Crippen LogP contribution in [0.1, 0.15) is 77.5 Å². The van der Waals surface area contributed by atoms with E-state index in [1.54, 1.807) is 32.0 Å². The van der Waals surface area contributed by atoms with Crippen molar-refractivity contribution in [1.29, 1.82) is 0 Å². The number of ether oxygens (including phenoxy) is 2. The molecule has 0 bridgehead atoms. The fourth-order valence-corrected chi connectivity index (χ4v) is 9.66. The van der Waals surface area contributed by atoms with Gasteiger partial charge in [0.2, 0.25) is 11.8 Å². The molecule has 0 fully saturated rings. The predicted molar refractivity (Wildman–Crippen MR) is 272 cm³/mol. The lowest BCUT2D eigenvalue weighted by molar-refractivity contribution is -0.145. The minimum Gasteiger partial charge on any atom is -0.461 e. The molecule has 0 radical (unpaired) electrons. The molecule has 1 aliphatic carbocycles. The van der Waals surface area contributed by atoms with Crippen molar-refractivity contribution < 1.29 is 46.9 Å². The highest BCUT2D eigenvalue weighted by Crippen LogP contribution is 2.45. The number of fused-ring (bicyclic) bond motifs is 3. The molecule has 14 heteroatoms. The Morgan fingerprint density at radius 1 is 0.775 bits per heavy atom. The fraction of sp³-hybridized carbons (Fsp3) is 0.263. The van der Waals surface area contributed by atoms with Crippen LogP contribution in [-0.2, 0) is 36.5 Å². The van der Waals surface area contributed by atoms with Gasteiger partial charge < -0.3 is 30.1 Å². The van der Waals surface area contributed by atoms with Crippen LogP contribution >= 0.6 is 12.6 Å². The first-order valence-electron chi connectivity index (χ1n) is 23.4. The van der Waals surface area contributed by atoms with E-state index in [0.29, 0.717) is 5.56 Å². The number of alkyl carbamates (subject to hydrolysis) is 1. The number of hydrogen-bond donors (Lipinski definition) is 4. The number of anilines is 2. The van der Waals surface area contributed by atoms with Crippen molar-refractivity contribution in [1.82, 2.24) is 5.32 Å². The summed E-state index contributed by atoms with van der Waals surface area (Å²) in [5, 5.41) is 17.5. The zero-order chi connectivity index (χ0) is 50.7. The number of nitrogens with zero attached hydrogens (tertiary/aromatic N) is 1. The molecular weight excluding hydrogens is 928 g/mol. The number of esters is 1. The van der Waals surface area contributed by atoms with Gasteiger partial charge in [-0.15, -0.1) is 0 Å². The molecule has 6 aromatic rings. The van der Waals surface area contributed by atoms with Crippen molar-refractivity contribution in [2.45, 2.75) is 69.3 Å². The van der Waals surface area contributed by atoms with Gasteiger partial charge in [-0.2, -0.15) is 25.8 Å². The summed E-state index contributed by atoms with van der Waals surface area (Å²) in [5.74, 6) is -3.56. The Bertz CT molecular complexity index is 2740. The van der Waals surface area contributed by atoms with E-state index in [0.717, 1.165) is 39.4 Å². The van der Waals surface area contributed by atoms with Gasteiger partial charge in [0, 0.05) is 24.7 Å². The van der Waals surface area contributed by atoms with E-state index in [-0.39, 0.29) is 48.2 Å². The second-order valence-corrected chi connectivity index (χ2v) is 18.0. The van der Waals surface area contributed by atoms with E-state index >= 15 is 4.79 Å². The van der Waals surface area contributed by atoms with Gasteiger partial charge in [-0.3, -0.25) is 14.4 Å². The first kappa shape index (κ1) is 51.7. The number of nitrogens with one attached hydrogen (secondary N) is 2. The van der Waals surface area contributed by atoms with Crippen LogP contribution in [0.4, 0.5) is 29.3 Å². The molecule has 71 heavy (non-hydrogen) atoms. The SMILES string of the molecule is C=CCOC(=O)C[C@H](O)[C@@H](C(C)C)N(C(=O)CCS)c1cccc(C(c2ccccc2)c2ccccc2)c1NC(=O)[C@@H](Cc1ccccc1C(F)(F)F)NC(=O)OCC1c2ccccc2-c2ccccc21. The summed E-state index contributed by atoms with van der Waals surface area (Å²) >= 11 is 4.38. The lowest BCUT2D eigenvalue weighted by Crippen LogP contribution is -2.52. The number of carbonyl (C=O) groups is 4. The van der Waals surface area contributed by atoms with E-state index < -0.39 is 78.5 Å². The van der Waals surface area contributed by atoms with E-state index in [4.69, 9.17) is 9.47 Å². The number of aliphatic hydroxyl groups is 1. The van der Waals surface area contributed by atoms with Gasteiger partial charge in [-0.1, -0.05) is 166 Å². The average Bonchev–Trinajstić information content (AvgIpc) is 3.68. The quantitative estimate of drug-likeness (QED) is 0.0259. The number of amides is 3. The van der Waals surface area contributed by atoms with E-state index in [2.05, 4.69) is 29.8 Å². The number of carbonyl (C=O) groups excluding carboxylic acids is 4. The van der Waals surface area contributed by atoms with Gasteiger partial charge in [0.15, 0.2) is 0 Å². The molecule has 0 heterocycles. The second-order valence-electron chi connectivity index (χ2n) is 17.6. The molecular formula is C57H56F3N3O7S. The zero-order valence-corrected chi connectivity index (χ0v) is 40.2. The van der Waals surface area contributed by atoms with Gasteiger partial charge in [0.1, 0.15) is 19.3 Å². The highest BCUT2D eigenvalue weighted by Gasteiger charge is 2.39. The van der Waals surface area contributed by atoms with Crippen LogP contribution in [0.2, 0.25) is 0 Å². The molecule has 3 N–H and O–H groups in total. The van der Waals surface area contributed by atoms with Crippen molar-refractivity contribution >= 4 is 47.9 Å². The average molecular weight is 984 g/mol. The number of aliphatic hydroxyl groups excluding tert-OH is 1. The summed E-state index contributed by atoms with van der Waals surface area (Å²) in [4.78, 5) is 58.3. The van der Waals surface area contributed by atoms with Crippen LogP contribution in [0.15, 0.2) is 164 Å². The number of benzene rings is 6. The summed E-state index contributed by atoms with van der Waals surface area (Å²) in [5.41, 5.74) is 4.80. The molecule has 3 amide bonds. The molecule has 10 nitrogen and oxygen atoms in total. The standard InChI is InChI=1S/C57H56F3N3O7S/c1-4-31-69-51(66)34-49(64)54(36(2)3)63(50(65)30-32-71)48-29-17-27-44(52(37-18-7-5-8-19-37)38-20-9-6-10-21-38)53(48)62-55(67)47(33-39-22-11-16-28-46(39)57(58,59)60)61-56(68)70-35-45-42-25-14-12-23-40(42)41-24-13-15-26-43(41)45/h4-29,36,45,47,49,52,54,64,71H,1,30-35H2,2-3H3,(H,61,68)(H,62,67)/t47-,49+,54-/m1/s1. The molecule has 0 spiro atoms. The molecule has 1 aliphatic rings. The van der Waals surface area contributed by atoms with Crippen LogP contribution < -0.4 is 15.5 Å². The van der Waals surface area contributed by atoms with Gasteiger partial charge in [0.25, 0.3) is 0 Å². The van der Waals surface area contributed by atoms with Crippen LogP contribution in [-0.4, -0.2) is 66.1 Å². The number of rotatable bonds is 20. The third-order valence-corrected chi connectivity index (χ3v) is 12.8. The van der Waals surface area contributed by atoms with Crippen molar-refractivity contribution in [3.05, 3.63) is 203 Å². The summed E-state index contributed by atoms with van der Waals surface area (Å²) in [7, 11) is 0. The Balaban J connectivity index is 1.35. The zero-order valence-electron chi connectivity index (χ0n) is 39.3. The maximum absolute atomic E-state index is 15.3. The van der Waals surface area contributed by atoms with Crippen molar-refractivity contribution in [2.75, 3.05) is 29.2 Å². The maximum Gasteiger partial charge on any atom is 0.416 e. The molecule has 0 saturated carbocycles. The van der Waals surface area contributed by atoms with Crippen LogP contribution in [0.25, 0.3) is 11.1 Å². The number of alkyl halides is 3. The Hall–Kier alpha value is -7.16. The first-order chi connectivity index (χ1) is 34.2. The predicted octanol–water partition coefficient (Wildman–Crippen LogP) is 11.1. The summed E-state index contributed by atoms with van der Waals surface area (Å²) in [6.45, 7) is 6.88. The van der Waals surface area contributed by atoms with Crippen molar-refractivity contribution in [3.8, 4) is 11.1 Å². The summed E-state index contributed by atoms with van der Waals surface area (Å²) in [6, 6.07) is 41.3. The van der Waals surface area contributed by atoms with Crippen molar-refractivity contribution in [3.63, 3.8) is 0 Å². The normalized spacial score (nSPS) is 13.4. The van der Waals surface area contributed by atoms with Gasteiger partial charge >= 0.3 is 18.2 Å². The third-order valence-electron chi connectivity index (χ3n) is 12.6. The lowest BCUT2D eigenvalue weighted by Gasteiger charge is -2.39. The van der Waals surface area contributed by atoms with E-state index in [9.17, 15) is 32.7 Å².